The molecule has 1 aromatic carbocycles. The Morgan fingerprint density at radius 2 is 1.70 bits per heavy atom. The Hall–Kier alpha value is -3.06. The molecule has 0 fully saturated rings. The molecular weight excluding hydrogens is 348 g/mol. The van der Waals surface area contributed by atoms with Gasteiger partial charge in [0.2, 0.25) is 5.88 Å². The number of hydrogen-bond acceptors (Lipinski definition) is 7. The zero-order chi connectivity index (χ0) is 19.1. The zero-order valence-corrected chi connectivity index (χ0v) is 15.6. The van der Waals surface area contributed by atoms with Crippen LogP contribution in [-0.2, 0) is 4.74 Å². The first-order valence-corrected chi connectivity index (χ1v) is 8.61. The molecule has 0 aliphatic carbocycles. The minimum Gasteiger partial charge on any atom is -0.497 e. The van der Waals surface area contributed by atoms with Crippen LogP contribution in [0, 0.1) is 0 Å². The van der Waals surface area contributed by atoms with E-state index in [1.165, 1.54) is 0 Å². The van der Waals surface area contributed by atoms with Crippen molar-refractivity contribution in [2.75, 3.05) is 34.0 Å². The highest BCUT2D eigenvalue weighted by atomic mass is 16.6. The van der Waals surface area contributed by atoms with Gasteiger partial charge in [0.25, 0.3) is 0 Å². The molecule has 2 heterocycles. The average molecular weight is 370 g/mol. The number of aromatic nitrogens is 2. The van der Waals surface area contributed by atoms with Crippen LogP contribution < -0.4 is 14.2 Å². The largest absolute Gasteiger partial charge is 0.497 e. The van der Waals surface area contributed by atoms with Crippen molar-refractivity contribution < 1.29 is 23.4 Å². The molecule has 0 N–H and O–H groups in total. The molecule has 27 heavy (non-hydrogen) atoms. The van der Waals surface area contributed by atoms with Gasteiger partial charge >= 0.3 is 6.08 Å². The molecule has 0 aliphatic heterocycles. The molecule has 0 aliphatic rings. The minimum atomic E-state index is 0.186. The molecule has 2 aromatic heterocycles. The summed E-state index contributed by atoms with van der Waals surface area (Å²) in [5.74, 6) is 1.89. The van der Waals surface area contributed by atoms with Crippen LogP contribution in [0.3, 0.4) is 0 Å². The van der Waals surface area contributed by atoms with E-state index in [-0.39, 0.29) is 6.08 Å². The van der Waals surface area contributed by atoms with Gasteiger partial charge in [-0.25, -0.2) is 4.98 Å². The van der Waals surface area contributed by atoms with Gasteiger partial charge in [-0.3, -0.25) is 0 Å². The zero-order valence-electron chi connectivity index (χ0n) is 15.6. The number of nitrogens with zero attached hydrogens (tertiary/aromatic N) is 2. The van der Waals surface area contributed by atoms with Crippen LogP contribution in [0.15, 0.2) is 47.0 Å². The van der Waals surface area contributed by atoms with Crippen molar-refractivity contribution in [1.82, 2.24) is 9.97 Å². The fourth-order valence-electron chi connectivity index (χ4n) is 2.47. The summed E-state index contributed by atoms with van der Waals surface area (Å²) in [4.78, 5) is 8.74. The lowest BCUT2D eigenvalue weighted by atomic mass is 10.1. The van der Waals surface area contributed by atoms with Crippen molar-refractivity contribution in [3.63, 3.8) is 0 Å². The van der Waals surface area contributed by atoms with Crippen molar-refractivity contribution in [3.8, 4) is 40.3 Å². The third-order valence-corrected chi connectivity index (χ3v) is 3.84. The van der Waals surface area contributed by atoms with E-state index in [1.807, 2.05) is 37.3 Å². The van der Waals surface area contributed by atoms with E-state index < -0.39 is 0 Å². The first-order chi connectivity index (χ1) is 13.2. The second-order valence-corrected chi connectivity index (χ2v) is 5.52. The second kappa shape index (κ2) is 9.05. The molecule has 0 atom stereocenters. The molecule has 0 saturated carbocycles. The van der Waals surface area contributed by atoms with Gasteiger partial charge in [0.1, 0.15) is 18.1 Å². The first-order valence-electron chi connectivity index (χ1n) is 8.61. The molecule has 0 radical (unpaired) electrons. The maximum absolute atomic E-state index is 5.88. The lowest BCUT2D eigenvalue weighted by Crippen LogP contribution is -2.06. The second-order valence-electron chi connectivity index (χ2n) is 5.52. The monoisotopic (exact) mass is 370 g/mol. The highest BCUT2D eigenvalue weighted by Gasteiger charge is 2.18. The smallest absolute Gasteiger partial charge is 0.394 e. The van der Waals surface area contributed by atoms with E-state index in [4.69, 9.17) is 23.4 Å². The van der Waals surface area contributed by atoms with Crippen molar-refractivity contribution in [1.29, 1.82) is 0 Å². The number of ether oxygens (including phenoxy) is 4. The number of methoxy groups -OCH3 is 2. The van der Waals surface area contributed by atoms with Crippen LogP contribution in [0.5, 0.6) is 17.7 Å². The lowest BCUT2D eigenvalue weighted by molar-refractivity contribution is 0.0969. The fraction of sp³-hybridized carbons (Fsp3) is 0.300. The summed E-state index contributed by atoms with van der Waals surface area (Å²) in [5, 5.41) is 0. The summed E-state index contributed by atoms with van der Waals surface area (Å²) in [6.07, 6.45) is 1.87. The van der Waals surface area contributed by atoms with E-state index >= 15 is 0 Å². The van der Waals surface area contributed by atoms with Gasteiger partial charge in [-0.05, 0) is 37.3 Å². The SMILES string of the molecule is CCOCCOc1nc(-c2ccc(OC)nc2)c(-c2ccc(OC)cc2)o1. The molecule has 0 spiro atoms. The van der Waals surface area contributed by atoms with Gasteiger partial charge in [-0.15, -0.1) is 0 Å². The van der Waals surface area contributed by atoms with E-state index in [9.17, 15) is 0 Å². The minimum absolute atomic E-state index is 0.186. The van der Waals surface area contributed by atoms with Gasteiger partial charge < -0.3 is 23.4 Å². The Morgan fingerprint density at radius 1 is 0.926 bits per heavy atom. The Kier molecular flexibility index (Phi) is 6.27. The Morgan fingerprint density at radius 3 is 2.33 bits per heavy atom. The number of pyridine rings is 1. The third-order valence-electron chi connectivity index (χ3n) is 3.84. The first kappa shape index (κ1) is 18.7. The van der Waals surface area contributed by atoms with Gasteiger partial charge in [0, 0.05) is 30.0 Å². The average Bonchev–Trinajstić information content (AvgIpc) is 3.15. The molecular formula is C20H22N2O5. The Labute approximate surface area is 157 Å². The van der Waals surface area contributed by atoms with Crippen molar-refractivity contribution in [3.05, 3.63) is 42.6 Å². The molecule has 0 bridgehead atoms. The van der Waals surface area contributed by atoms with E-state index in [0.29, 0.717) is 37.2 Å². The summed E-state index contributed by atoms with van der Waals surface area (Å²) in [5.41, 5.74) is 2.29. The van der Waals surface area contributed by atoms with Crippen LogP contribution >= 0.6 is 0 Å². The van der Waals surface area contributed by atoms with Crippen LogP contribution in [0.1, 0.15) is 6.92 Å². The van der Waals surface area contributed by atoms with Gasteiger partial charge in [0.15, 0.2) is 5.76 Å². The molecule has 7 heteroatoms. The fourth-order valence-corrected chi connectivity index (χ4v) is 2.47. The van der Waals surface area contributed by atoms with Crippen LogP contribution in [0.2, 0.25) is 0 Å². The topological polar surface area (TPSA) is 75.8 Å². The molecule has 3 rings (SSSR count). The highest BCUT2D eigenvalue weighted by molar-refractivity contribution is 5.77. The quantitative estimate of drug-likeness (QED) is 0.530. The number of hydrogen-bond donors (Lipinski definition) is 0. The lowest BCUT2D eigenvalue weighted by Gasteiger charge is -2.04. The number of benzene rings is 1. The summed E-state index contributed by atoms with van der Waals surface area (Å²) in [6.45, 7) is 3.39. The van der Waals surface area contributed by atoms with Gasteiger partial charge in [-0.1, -0.05) is 0 Å². The predicted molar refractivity (Wildman–Crippen MR) is 100 cm³/mol. The number of rotatable bonds is 9. The summed E-state index contributed by atoms with van der Waals surface area (Å²) in [7, 11) is 3.20. The Balaban J connectivity index is 1.93. The van der Waals surface area contributed by atoms with E-state index in [1.54, 1.807) is 26.5 Å². The molecule has 0 saturated heterocycles. The summed E-state index contributed by atoms with van der Waals surface area (Å²) in [6, 6.07) is 11.2. The maximum Gasteiger partial charge on any atom is 0.394 e. The summed E-state index contributed by atoms with van der Waals surface area (Å²) >= 11 is 0. The molecule has 7 nitrogen and oxygen atoms in total. The van der Waals surface area contributed by atoms with E-state index in [0.717, 1.165) is 16.9 Å². The maximum atomic E-state index is 5.88. The van der Waals surface area contributed by atoms with Crippen LogP contribution in [0.4, 0.5) is 0 Å². The van der Waals surface area contributed by atoms with Gasteiger partial charge in [-0.2, -0.15) is 4.98 Å². The Bertz CT molecular complexity index is 779. The van der Waals surface area contributed by atoms with Gasteiger partial charge in [0.05, 0.1) is 20.8 Å². The normalized spacial score (nSPS) is 10.6. The third kappa shape index (κ3) is 4.57. The molecule has 0 unspecified atom stereocenters. The van der Waals surface area contributed by atoms with E-state index in [2.05, 4.69) is 9.97 Å². The summed E-state index contributed by atoms with van der Waals surface area (Å²) < 4.78 is 27.1. The predicted octanol–water partition coefficient (Wildman–Crippen LogP) is 3.84. The van der Waals surface area contributed by atoms with Crippen molar-refractivity contribution in [2.24, 2.45) is 0 Å². The van der Waals surface area contributed by atoms with Crippen LogP contribution in [0.25, 0.3) is 22.6 Å². The standard InChI is InChI=1S/C20H22N2O5/c1-4-25-11-12-26-20-22-18(15-7-10-17(24-3)21-13-15)19(27-20)14-5-8-16(23-2)9-6-14/h5-10,13H,4,11-12H2,1-3H3. The molecule has 3 aromatic rings. The van der Waals surface area contributed by atoms with Crippen molar-refractivity contribution in [2.45, 2.75) is 6.92 Å². The van der Waals surface area contributed by atoms with Crippen molar-refractivity contribution >= 4 is 0 Å². The highest BCUT2D eigenvalue weighted by Crippen LogP contribution is 2.36. The number of oxazole rings is 1. The van der Waals surface area contributed by atoms with Crippen LogP contribution in [-0.4, -0.2) is 44.0 Å². The molecule has 142 valence electrons. The molecule has 0 amide bonds.